The van der Waals surface area contributed by atoms with Crippen LogP contribution in [0.5, 0.6) is 0 Å². The van der Waals surface area contributed by atoms with Crippen LogP contribution in [0.2, 0.25) is 39.3 Å². The van der Waals surface area contributed by atoms with Crippen molar-refractivity contribution in [3.05, 3.63) is 60.4 Å². The van der Waals surface area contributed by atoms with Crippen LogP contribution in [-0.4, -0.2) is 36.1 Å². The summed E-state index contributed by atoms with van der Waals surface area (Å²) in [6.45, 7) is 29.3. The molecule has 38 heavy (non-hydrogen) atoms. The first-order chi connectivity index (χ1) is 17.3. The molecule has 2 aromatic heterocycles. The Morgan fingerprint density at radius 3 is 1.45 bits per heavy atom. The Balaban J connectivity index is 2.44. The second-order valence-corrected chi connectivity index (χ2v) is 27.6. The third kappa shape index (κ3) is 6.35. The molecule has 0 radical (unpaired) electrons. The Bertz CT molecular complexity index is 1190. The van der Waals surface area contributed by atoms with Crippen molar-refractivity contribution in [2.24, 2.45) is 10.8 Å². The number of nitrogens with zero attached hydrogens (tertiary/aromatic N) is 4. The minimum absolute atomic E-state index is 0.0178. The molecule has 0 aliphatic heterocycles. The smallest absolute Gasteiger partial charge is 0.0877 e. The number of hydrogen-bond donors (Lipinski definition) is 0. The molecule has 4 nitrogen and oxygen atoms in total. The number of rotatable bonds is 7. The third-order valence-corrected chi connectivity index (χ3v) is 16.2. The van der Waals surface area contributed by atoms with Crippen molar-refractivity contribution < 1.29 is 0 Å². The Kier molecular flexibility index (Phi) is 8.97. The van der Waals surface area contributed by atoms with Crippen LogP contribution in [0.25, 0.3) is 0 Å². The van der Waals surface area contributed by atoms with Gasteiger partial charge in [-0.3, -0.25) is 19.9 Å². The van der Waals surface area contributed by atoms with E-state index in [9.17, 15) is 0 Å². The lowest BCUT2D eigenvalue weighted by Crippen LogP contribution is -2.57. The van der Waals surface area contributed by atoms with Gasteiger partial charge in [0.05, 0.1) is 39.4 Å². The molecule has 1 aromatic carbocycles. The first-order valence-corrected chi connectivity index (χ1v) is 22.7. The van der Waals surface area contributed by atoms with Gasteiger partial charge in [-0.05, 0) is 22.0 Å². The molecular formula is C30H48N4P2Si2. The van der Waals surface area contributed by atoms with E-state index >= 15 is 0 Å². The zero-order valence-corrected chi connectivity index (χ0v) is 29.7. The summed E-state index contributed by atoms with van der Waals surface area (Å²) in [7, 11) is -0.758. The summed E-state index contributed by atoms with van der Waals surface area (Å²) in [5.41, 5.74) is 4.92. The molecule has 0 N–H and O–H groups in total. The highest BCUT2D eigenvalue weighted by atomic mass is 31.1. The number of aromatic nitrogens is 4. The van der Waals surface area contributed by atoms with Crippen LogP contribution in [0.3, 0.4) is 0 Å². The highest BCUT2D eigenvalue weighted by molar-refractivity contribution is 7.71. The van der Waals surface area contributed by atoms with Gasteiger partial charge in [0.25, 0.3) is 0 Å². The van der Waals surface area contributed by atoms with Crippen molar-refractivity contribution in [1.29, 1.82) is 0 Å². The van der Waals surface area contributed by atoms with Crippen LogP contribution in [0.15, 0.2) is 49.3 Å². The first-order valence-electron chi connectivity index (χ1n) is 13.6. The molecule has 0 amide bonds. The molecule has 2 heterocycles. The van der Waals surface area contributed by atoms with Crippen LogP contribution in [0.1, 0.15) is 52.7 Å². The average molecular weight is 583 g/mol. The van der Waals surface area contributed by atoms with Crippen LogP contribution >= 0.6 is 17.2 Å². The molecule has 0 aliphatic carbocycles. The van der Waals surface area contributed by atoms with Gasteiger partial charge in [-0.2, -0.15) is 0 Å². The maximum Gasteiger partial charge on any atom is 0.0877 e. The second-order valence-electron chi connectivity index (χ2n) is 14.6. The summed E-state index contributed by atoms with van der Waals surface area (Å²) >= 11 is 0. The van der Waals surface area contributed by atoms with Gasteiger partial charge in [-0.25, -0.2) is 0 Å². The van der Waals surface area contributed by atoms with Gasteiger partial charge in [0.15, 0.2) is 0 Å². The normalized spacial score (nSPS) is 13.7. The topological polar surface area (TPSA) is 51.6 Å². The molecule has 0 saturated heterocycles. The van der Waals surface area contributed by atoms with Crippen LogP contribution < -0.4 is 21.2 Å². The fourth-order valence-electron chi connectivity index (χ4n) is 5.63. The van der Waals surface area contributed by atoms with Gasteiger partial charge in [-0.15, -0.1) is 9.24 Å². The van der Waals surface area contributed by atoms with E-state index in [0.29, 0.717) is 0 Å². The highest BCUT2D eigenvalue weighted by Crippen LogP contribution is 2.59. The van der Waals surface area contributed by atoms with E-state index in [4.69, 9.17) is 9.97 Å². The zero-order chi connectivity index (χ0) is 28.7. The Labute approximate surface area is 237 Å². The quantitative estimate of drug-likeness (QED) is 0.248. The minimum Gasteiger partial charge on any atom is -0.261 e. The molecule has 3 aromatic rings. The molecule has 0 saturated carbocycles. The van der Waals surface area contributed by atoms with E-state index in [2.05, 4.69) is 112 Å². The summed E-state index contributed by atoms with van der Waals surface area (Å²) in [5.74, 6) is 0. The fraction of sp³-hybridized carbons (Fsp3) is 0.533. The molecule has 206 valence electrons. The number of benzene rings is 1. The van der Waals surface area contributed by atoms with Gasteiger partial charge in [0.1, 0.15) is 0 Å². The molecule has 0 fully saturated rings. The van der Waals surface area contributed by atoms with Gasteiger partial charge in [-0.1, -0.05) is 103 Å². The average Bonchev–Trinajstić information content (AvgIpc) is 2.80. The minimum atomic E-state index is -1.62. The SMILES string of the molecule is CC(C)(C)C(P)(c1cc([Si](C)(C)C)c([Si](C)(C)C)cc1CP(c1cnccn1)c1cnccn1)C(C)(C)C. The lowest BCUT2D eigenvalue weighted by atomic mass is 9.62. The highest BCUT2D eigenvalue weighted by Gasteiger charge is 2.50. The Morgan fingerprint density at radius 1 is 0.684 bits per heavy atom. The Morgan fingerprint density at radius 2 is 1.11 bits per heavy atom. The van der Waals surface area contributed by atoms with E-state index < -0.39 is 24.1 Å². The number of hydrogen-bond acceptors (Lipinski definition) is 4. The lowest BCUT2D eigenvalue weighted by Gasteiger charge is -2.53. The van der Waals surface area contributed by atoms with Gasteiger partial charge in [0.2, 0.25) is 0 Å². The molecule has 1 atom stereocenters. The molecule has 3 rings (SSSR count). The molecule has 1 unspecified atom stereocenters. The van der Waals surface area contributed by atoms with Crippen molar-refractivity contribution in [3.8, 4) is 0 Å². The van der Waals surface area contributed by atoms with E-state index in [1.165, 1.54) is 11.1 Å². The first kappa shape index (κ1) is 31.2. The fourth-order valence-corrected chi connectivity index (χ4v) is 13.1. The standard InChI is InChI=1S/C30H48N4P2Si2/c1-28(2,3)30(35,29(4,5)6)23-18-25(38(10,11)12)24(37(7,8)9)17-22(23)21-36(26-19-31-13-15-33-26)27-20-32-14-16-34-27/h13-20H,21,35H2,1-12H3. The largest absolute Gasteiger partial charge is 0.261 e. The monoisotopic (exact) mass is 582 g/mol. The van der Waals surface area contributed by atoms with Crippen LogP contribution in [-0.2, 0) is 11.3 Å². The van der Waals surface area contributed by atoms with E-state index in [1.807, 2.05) is 12.4 Å². The van der Waals surface area contributed by atoms with E-state index in [0.717, 1.165) is 17.0 Å². The van der Waals surface area contributed by atoms with Crippen molar-refractivity contribution >= 4 is 54.6 Å². The maximum atomic E-state index is 4.78. The van der Waals surface area contributed by atoms with E-state index in [-0.39, 0.29) is 16.0 Å². The molecular weight excluding hydrogens is 534 g/mol. The van der Waals surface area contributed by atoms with Gasteiger partial charge >= 0.3 is 0 Å². The summed E-state index contributed by atoms with van der Waals surface area (Å²) in [6, 6.07) is 5.24. The Hall–Kier alpha value is -1.33. The van der Waals surface area contributed by atoms with Crippen molar-refractivity contribution in [2.75, 3.05) is 0 Å². The summed E-state index contributed by atoms with van der Waals surface area (Å²) < 4.78 is 0. The third-order valence-electron chi connectivity index (χ3n) is 7.63. The predicted octanol–water partition coefficient (Wildman–Crippen LogP) is 6.15. The summed E-state index contributed by atoms with van der Waals surface area (Å²) in [6.07, 6.45) is 11.8. The second kappa shape index (κ2) is 10.9. The maximum absolute atomic E-state index is 4.78. The zero-order valence-electron chi connectivity index (χ0n) is 25.6. The predicted molar refractivity (Wildman–Crippen MR) is 177 cm³/mol. The van der Waals surface area contributed by atoms with Gasteiger partial charge in [0, 0.05) is 44.0 Å². The van der Waals surface area contributed by atoms with Crippen molar-refractivity contribution in [2.45, 2.75) is 92.1 Å². The molecule has 8 heteroatoms. The van der Waals surface area contributed by atoms with E-state index in [1.54, 1.807) is 35.2 Å². The van der Waals surface area contributed by atoms with Crippen molar-refractivity contribution in [3.63, 3.8) is 0 Å². The molecule has 0 spiro atoms. The van der Waals surface area contributed by atoms with Gasteiger partial charge < -0.3 is 0 Å². The lowest BCUT2D eigenvalue weighted by molar-refractivity contribution is 0.139. The molecule has 0 aliphatic rings. The molecule has 0 bridgehead atoms. The van der Waals surface area contributed by atoms with Crippen molar-refractivity contribution in [1.82, 2.24) is 19.9 Å². The summed E-state index contributed by atoms with van der Waals surface area (Å²) in [5, 5.41) is 3.09. The summed E-state index contributed by atoms with van der Waals surface area (Å²) in [4.78, 5) is 18.4. The van der Waals surface area contributed by atoms with Crippen LogP contribution in [0.4, 0.5) is 0 Å². The van der Waals surface area contributed by atoms with Crippen LogP contribution in [0, 0.1) is 10.8 Å².